The Labute approximate surface area is 179 Å². The largest absolute Gasteiger partial charge is 0.340 e. The van der Waals surface area contributed by atoms with Gasteiger partial charge in [-0.15, -0.1) is 0 Å². The topological polar surface area (TPSA) is 66.5 Å². The Morgan fingerprint density at radius 3 is 2.42 bits per heavy atom. The summed E-state index contributed by atoms with van der Waals surface area (Å²) in [7, 11) is -3.46. The molecule has 1 saturated heterocycles. The number of hydrogen-bond donors (Lipinski definition) is 1. The molecule has 0 spiro atoms. The van der Waals surface area contributed by atoms with Gasteiger partial charge in [-0.05, 0) is 36.6 Å². The summed E-state index contributed by atoms with van der Waals surface area (Å²) in [6.07, 6.45) is 1.37. The van der Waals surface area contributed by atoms with Crippen LogP contribution in [-0.4, -0.2) is 44.1 Å². The van der Waals surface area contributed by atoms with E-state index in [0.717, 1.165) is 18.4 Å². The van der Waals surface area contributed by atoms with E-state index < -0.39 is 44.7 Å². The molecule has 166 valence electrons. The van der Waals surface area contributed by atoms with E-state index in [0.29, 0.717) is 13.0 Å². The van der Waals surface area contributed by atoms with Crippen LogP contribution >= 0.6 is 0 Å². The third kappa shape index (κ3) is 4.08. The Morgan fingerprint density at radius 2 is 1.77 bits per heavy atom. The van der Waals surface area contributed by atoms with Gasteiger partial charge in [-0.25, -0.2) is 26.3 Å². The lowest BCUT2D eigenvalue weighted by Crippen LogP contribution is -2.48. The van der Waals surface area contributed by atoms with Crippen LogP contribution < -0.4 is 4.72 Å². The number of hydrogen-bond acceptors (Lipinski definition) is 3. The number of nitrogens with one attached hydrogen (secondary N) is 1. The average Bonchev–Trinajstić information content (AvgIpc) is 3.22. The molecule has 1 aliphatic carbocycles. The Morgan fingerprint density at radius 1 is 1.13 bits per heavy atom. The number of amides is 1. The lowest BCUT2D eigenvalue weighted by atomic mass is 9.93. The fourth-order valence-electron chi connectivity index (χ4n) is 4.54. The van der Waals surface area contributed by atoms with Crippen molar-refractivity contribution in [2.75, 3.05) is 19.3 Å². The van der Waals surface area contributed by atoms with Crippen molar-refractivity contribution in [3.05, 3.63) is 59.7 Å². The quantitative estimate of drug-likeness (QED) is 0.757. The summed E-state index contributed by atoms with van der Waals surface area (Å²) in [6, 6.07) is 9.48. The van der Waals surface area contributed by atoms with Crippen molar-refractivity contribution < 1.29 is 26.4 Å². The molecule has 2 aromatic carbocycles. The van der Waals surface area contributed by atoms with Gasteiger partial charge in [0.1, 0.15) is 17.3 Å². The lowest BCUT2D eigenvalue weighted by Gasteiger charge is -2.25. The molecule has 3 atom stereocenters. The fourth-order valence-corrected chi connectivity index (χ4v) is 5.60. The molecule has 1 N–H and O–H groups in total. The van der Waals surface area contributed by atoms with E-state index in [9.17, 15) is 22.0 Å². The van der Waals surface area contributed by atoms with E-state index in [1.807, 2.05) is 0 Å². The number of nitrogens with zero attached hydrogens (tertiary/aromatic N) is 1. The third-order valence-electron chi connectivity index (χ3n) is 6.02. The van der Waals surface area contributed by atoms with Gasteiger partial charge in [0.15, 0.2) is 0 Å². The summed E-state index contributed by atoms with van der Waals surface area (Å²) in [4.78, 5) is 14.4. The molecule has 2 fully saturated rings. The first-order chi connectivity index (χ1) is 14.4. The number of sulfonamides is 1. The van der Waals surface area contributed by atoms with Crippen LogP contribution in [0, 0.1) is 17.6 Å². The van der Waals surface area contributed by atoms with Crippen molar-refractivity contribution in [2.24, 2.45) is 5.92 Å². The molecular formula is C22H23F3N2O3S. The Balaban J connectivity index is 1.59. The molecule has 1 heterocycles. The molecule has 0 aromatic heterocycles. The van der Waals surface area contributed by atoms with Crippen molar-refractivity contribution in [2.45, 2.75) is 31.0 Å². The minimum Gasteiger partial charge on any atom is -0.340 e. The highest BCUT2D eigenvalue weighted by molar-refractivity contribution is 7.88. The monoisotopic (exact) mass is 452 g/mol. The average molecular weight is 452 g/mol. The van der Waals surface area contributed by atoms with Gasteiger partial charge in [-0.2, -0.15) is 0 Å². The highest BCUT2D eigenvalue weighted by Gasteiger charge is 2.63. The zero-order valence-electron chi connectivity index (χ0n) is 17.2. The minimum atomic E-state index is -3.46. The molecule has 0 bridgehead atoms. The number of alkyl halides is 1. The molecule has 31 heavy (non-hydrogen) atoms. The van der Waals surface area contributed by atoms with E-state index in [1.165, 1.54) is 23.1 Å². The van der Waals surface area contributed by atoms with Crippen LogP contribution in [0.1, 0.15) is 25.3 Å². The smallest absolute Gasteiger partial charge is 0.229 e. The summed E-state index contributed by atoms with van der Waals surface area (Å²) in [5.74, 6) is -3.02. The van der Waals surface area contributed by atoms with Gasteiger partial charge in [0.2, 0.25) is 15.9 Å². The summed E-state index contributed by atoms with van der Waals surface area (Å²) in [5, 5.41) is 0. The van der Waals surface area contributed by atoms with Gasteiger partial charge in [0.05, 0.1) is 17.7 Å². The number of carbonyl (C=O) groups is 1. The number of benzene rings is 2. The third-order valence-corrected chi connectivity index (χ3v) is 6.88. The molecule has 9 heteroatoms. The molecule has 2 aromatic rings. The molecule has 4 rings (SSSR count). The van der Waals surface area contributed by atoms with E-state index >= 15 is 4.39 Å². The van der Waals surface area contributed by atoms with E-state index in [2.05, 4.69) is 4.72 Å². The Hall–Kier alpha value is -2.39. The number of carbonyl (C=O) groups excluding carboxylic acids is 1. The maximum absolute atomic E-state index is 15.9. The molecule has 1 saturated carbocycles. The molecule has 0 unspecified atom stereocenters. The minimum absolute atomic E-state index is 0.0774. The van der Waals surface area contributed by atoms with Crippen molar-refractivity contribution in [3.8, 4) is 11.1 Å². The van der Waals surface area contributed by atoms with Crippen LogP contribution in [-0.2, 0) is 20.5 Å². The highest BCUT2D eigenvalue weighted by Crippen LogP contribution is 2.59. The van der Waals surface area contributed by atoms with E-state index in [1.54, 1.807) is 19.1 Å². The second-order valence-corrected chi connectivity index (χ2v) is 10.5. The molecule has 1 amide bonds. The van der Waals surface area contributed by atoms with Gasteiger partial charge in [-0.3, -0.25) is 4.79 Å². The summed E-state index contributed by atoms with van der Waals surface area (Å²) >= 11 is 0. The van der Waals surface area contributed by atoms with Crippen LogP contribution in [0.4, 0.5) is 13.2 Å². The first-order valence-corrected chi connectivity index (χ1v) is 11.8. The predicted molar refractivity (Wildman–Crippen MR) is 110 cm³/mol. The number of rotatable bonds is 5. The second kappa shape index (κ2) is 7.34. The van der Waals surface area contributed by atoms with E-state index in [4.69, 9.17) is 0 Å². The predicted octanol–water partition coefficient (Wildman–Crippen LogP) is 3.36. The van der Waals surface area contributed by atoms with Crippen molar-refractivity contribution >= 4 is 15.9 Å². The van der Waals surface area contributed by atoms with Crippen LogP contribution in [0.5, 0.6) is 0 Å². The van der Waals surface area contributed by atoms with E-state index in [-0.39, 0.29) is 29.7 Å². The summed E-state index contributed by atoms with van der Waals surface area (Å²) < 4.78 is 70.3. The van der Waals surface area contributed by atoms with Gasteiger partial charge in [-0.1, -0.05) is 30.3 Å². The Kier molecular flexibility index (Phi) is 5.17. The molecule has 2 aliphatic rings. The number of likely N-dealkylation sites (tertiary alicyclic amines) is 1. The zero-order chi connectivity index (χ0) is 22.6. The maximum Gasteiger partial charge on any atom is 0.229 e. The molecule has 0 radical (unpaired) electrons. The normalized spacial score (nSPS) is 28.0. The van der Waals surface area contributed by atoms with Crippen molar-refractivity contribution in [1.82, 2.24) is 9.62 Å². The van der Waals surface area contributed by atoms with Crippen LogP contribution in [0.25, 0.3) is 11.1 Å². The maximum atomic E-state index is 15.9. The first-order valence-electron chi connectivity index (χ1n) is 9.94. The van der Waals surface area contributed by atoms with Crippen LogP contribution in [0.2, 0.25) is 0 Å². The standard InChI is InChI=1S/C22H23F3N2O3S/c1-21(26-31(2,29)30)10-11-27(13-21)20(28)16-12-22(16,25)15-7-4-3-6-14(15)19-17(23)8-5-9-18(19)24/h3-9,16,26H,10-13H2,1-2H3/t16-,21-,22+/m0/s1. The molecule has 5 nitrogen and oxygen atoms in total. The summed E-state index contributed by atoms with van der Waals surface area (Å²) in [5.41, 5.74) is -3.01. The Bertz CT molecular complexity index is 1140. The van der Waals surface area contributed by atoms with Crippen molar-refractivity contribution in [1.29, 1.82) is 0 Å². The number of halogens is 3. The second-order valence-electron chi connectivity index (χ2n) is 8.71. The van der Waals surface area contributed by atoms with Gasteiger partial charge < -0.3 is 4.90 Å². The molecule has 1 aliphatic heterocycles. The fraction of sp³-hybridized carbons (Fsp3) is 0.409. The first kappa shape index (κ1) is 21.8. The van der Waals surface area contributed by atoms with Crippen LogP contribution in [0.3, 0.4) is 0 Å². The highest BCUT2D eigenvalue weighted by atomic mass is 32.2. The lowest BCUT2D eigenvalue weighted by molar-refractivity contribution is -0.132. The van der Waals surface area contributed by atoms with Gasteiger partial charge in [0, 0.05) is 25.0 Å². The summed E-state index contributed by atoms with van der Waals surface area (Å²) in [6.45, 7) is 2.14. The van der Waals surface area contributed by atoms with Gasteiger partial charge in [0.25, 0.3) is 0 Å². The van der Waals surface area contributed by atoms with Crippen molar-refractivity contribution in [3.63, 3.8) is 0 Å². The van der Waals surface area contributed by atoms with Crippen LogP contribution in [0.15, 0.2) is 42.5 Å². The SMILES string of the molecule is C[C@]1(NS(C)(=O)=O)CCN(C(=O)[C@@H]2C[C@@]2(F)c2ccccc2-c2c(F)cccc2F)C1. The molecular weight excluding hydrogens is 429 g/mol. The van der Waals surface area contributed by atoms with Gasteiger partial charge >= 0.3 is 0 Å². The zero-order valence-corrected chi connectivity index (χ0v) is 18.0.